The summed E-state index contributed by atoms with van der Waals surface area (Å²) in [5.41, 5.74) is -0.849. The van der Waals surface area contributed by atoms with Gasteiger partial charge >= 0.3 is 12.1 Å². The maximum atomic E-state index is 12.7. The SMILES string of the molecule is CCOC(=O)CN(C)c1nccn2nc(C(F)(F)F)cc12. The van der Waals surface area contributed by atoms with Gasteiger partial charge < -0.3 is 9.64 Å². The van der Waals surface area contributed by atoms with Gasteiger partial charge in [0.2, 0.25) is 0 Å². The van der Waals surface area contributed by atoms with E-state index in [-0.39, 0.29) is 24.5 Å². The zero-order valence-corrected chi connectivity index (χ0v) is 11.4. The molecule has 2 aromatic rings. The summed E-state index contributed by atoms with van der Waals surface area (Å²) in [4.78, 5) is 16.9. The molecule has 0 N–H and O–H groups in total. The van der Waals surface area contributed by atoms with Crippen LogP contribution in [0.25, 0.3) is 5.52 Å². The Morgan fingerprint density at radius 2 is 2.19 bits per heavy atom. The molecular weight excluding hydrogens is 289 g/mol. The van der Waals surface area contributed by atoms with Crippen molar-refractivity contribution in [3.8, 4) is 0 Å². The number of carbonyl (C=O) groups excluding carboxylic acids is 1. The summed E-state index contributed by atoms with van der Waals surface area (Å²) < 4.78 is 43.9. The Morgan fingerprint density at radius 1 is 1.48 bits per heavy atom. The number of anilines is 1. The smallest absolute Gasteiger partial charge is 0.435 e. The van der Waals surface area contributed by atoms with Crippen molar-refractivity contribution in [1.82, 2.24) is 14.6 Å². The van der Waals surface area contributed by atoms with Crippen LogP contribution in [-0.2, 0) is 15.7 Å². The highest BCUT2D eigenvalue weighted by atomic mass is 19.4. The molecular formula is C12H13F3N4O2. The van der Waals surface area contributed by atoms with Crippen molar-refractivity contribution >= 4 is 17.3 Å². The normalized spacial score (nSPS) is 11.7. The van der Waals surface area contributed by atoms with Crippen LogP contribution in [0.5, 0.6) is 0 Å². The van der Waals surface area contributed by atoms with Gasteiger partial charge in [-0.05, 0) is 6.92 Å². The number of hydrogen-bond acceptors (Lipinski definition) is 5. The molecule has 0 amide bonds. The maximum absolute atomic E-state index is 12.7. The van der Waals surface area contributed by atoms with Crippen molar-refractivity contribution in [2.45, 2.75) is 13.1 Å². The number of likely N-dealkylation sites (N-methyl/N-ethyl adjacent to an activating group) is 1. The number of halogens is 3. The van der Waals surface area contributed by atoms with Gasteiger partial charge in [-0.25, -0.2) is 9.50 Å². The number of carbonyl (C=O) groups is 1. The molecule has 0 atom stereocenters. The predicted molar refractivity (Wildman–Crippen MR) is 67.9 cm³/mol. The van der Waals surface area contributed by atoms with Crippen molar-refractivity contribution < 1.29 is 22.7 Å². The van der Waals surface area contributed by atoms with Gasteiger partial charge in [-0.15, -0.1) is 0 Å². The van der Waals surface area contributed by atoms with E-state index in [4.69, 9.17) is 4.74 Å². The minimum Gasteiger partial charge on any atom is -0.465 e. The summed E-state index contributed by atoms with van der Waals surface area (Å²) in [6.07, 6.45) is -1.91. The molecule has 0 saturated heterocycles. The van der Waals surface area contributed by atoms with Gasteiger partial charge in [-0.2, -0.15) is 18.3 Å². The highest BCUT2D eigenvalue weighted by Crippen LogP contribution is 2.30. The molecule has 2 rings (SSSR count). The Hall–Kier alpha value is -2.32. The molecule has 6 nitrogen and oxygen atoms in total. The fraction of sp³-hybridized carbons (Fsp3) is 0.417. The lowest BCUT2D eigenvalue weighted by Gasteiger charge is -2.17. The summed E-state index contributed by atoms with van der Waals surface area (Å²) in [6, 6.07) is 0.893. The molecule has 0 aromatic carbocycles. The average molecular weight is 302 g/mol. The molecule has 9 heteroatoms. The molecule has 21 heavy (non-hydrogen) atoms. The van der Waals surface area contributed by atoms with Crippen LogP contribution in [0.4, 0.5) is 19.0 Å². The largest absolute Gasteiger partial charge is 0.465 e. The van der Waals surface area contributed by atoms with Crippen molar-refractivity contribution in [1.29, 1.82) is 0 Å². The first-order chi connectivity index (χ1) is 9.82. The van der Waals surface area contributed by atoms with E-state index in [0.717, 1.165) is 10.6 Å². The lowest BCUT2D eigenvalue weighted by atomic mass is 10.3. The first-order valence-corrected chi connectivity index (χ1v) is 6.11. The van der Waals surface area contributed by atoms with Gasteiger partial charge in [0.1, 0.15) is 12.1 Å². The average Bonchev–Trinajstić information content (AvgIpc) is 2.82. The third kappa shape index (κ3) is 3.23. The highest BCUT2D eigenvalue weighted by molar-refractivity contribution is 5.78. The Labute approximate surface area is 118 Å². The van der Waals surface area contributed by atoms with Crippen molar-refractivity contribution in [2.75, 3.05) is 25.1 Å². The van der Waals surface area contributed by atoms with E-state index in [0.29, 0.717) is 0 Å². The fourth-order valence-electron chi connectivity index (χ4n) is 1.82. The summed E-state index contributed by atoms with van der Waals surface area (Å²) >= 11 is 0. The molecule has 0 radical (unpaired) electrons. The second kappa shape index (κ2) is 5.58. The Bertz CT molecular complexity index is 653. The minimum absolute atomic E-state index is 0.118. The molecule has 0 aliphatic heterocycles. The molecule has 0 aliphatic rings. The molecule has 0 fully saturated rings. The van der Waals surface area contributed by atoms with Crippen LogP contribution in [0.1, 0.15) is 12.6 Å². The van der Waals surface area contributed by atoms with Gasteiger partial charge in [-0.3, -0.25) is 4.79 Å². The lowest BCUT2D eigenvalue weighted by Crippen LogP contribution is -2.28. The van der Waals surface area contributed by atoms with Crippen LogP contribution in [0.2, 0.25) is 0 Å². The van der Waals surface area contributed by atoms with Gasteiger partial charge in [-0.1, -0.05) is 0 Å². The first kappa shape index (κ1) is 15.1. The van der Waals surface area contributed by atoms with Crippen molar-refractivity contribution in [2.24, 2.45) is 0 Å². The standard InChI is InChI=1S/C12H13F3N4O2/c1-3-21-10(20)7-18(2)11-8-6-9(12(13,14)15)17-19(8)5-4-16-11/h4-6H,3,7H2,1-2H3. The first-order valence-electron chi connectivity index (χ1n) is 6.11. The van der Waals surface area contributed by atoms with E-state index < -0.39 is 17.8 Å². The lowest BCUT2D eigenvalue weighted by molar-refractivity contribution is -0.142. The van der Waals surface area contributed by atoms with E-state index in [9.17, 15) is 18.0 Å². The molecule has 2 aromatic heterocycles. The summed E-state index contributed by atoms with van der Waals surface area (Å²) in [5, 5.41) is 3.45. The molecule has 0 aliphatic carbocycles. The Kier molecular flexibility index (Phi) is 4.01. The van der Waals surface area contributed by atoms with Gasteiger partial charge in [0.25, 0.3) is 0 Å². The van der Waals surface area contributed by atoms with E-state index in [1.807, 2.05) is 0 Å². The van der Waals surface area contributed by atoms with E-state index in [1.165, 1.54) is 17.3 Å². The number of fused-ring (bicyclic) bond motifs is 1. The number of ether oxygens (including phenoxy) is 1. The number of alkyl halides is 3. The Balaban J connectivity index is 2.35. The number of esters is 1. The third-order valence-electron chi connectivity index (χ3n) is 2.69. The van der Waals surface area contributed by atoms with Crippen LogP contribution in [-0.4, -0.2) is 40.8 Å². The van der Waals surface area contributed by atoms with Gasteiger partial charge in [0.15, 0.2) is 11.5 Å². The zero-order chi connectivity index (χ0) is 15.6. The molecule has 114 valence electrons. The monoisotopic (exact) mass is 302 g/mol. The number of aromatic nitrogens is 3. The van der Waals surface area contributed by atoms with Gasteiger partial charge in [0.05, 0.1) is 6.61 Å². The van der Waals surface area contributed by atoms with Crippen LogP contribution < -0.4 is 4.90 Å². The van der Waals surface area contributed by atoms with E-state index in [2.05, 4.69) is 10.1 Å². The zero-order valence-electron chi connectivity index (χ0n) is 11.4. The fourth-order valence-corrected chi connectivity index (χ4v) is 1.82. The van der Waals surface area contributed by atoms with Crippen LogP contribution >= 0.6 is 0 Å². The summed E-state index contributed by atoms with van der Waals surface area (Å²) in [5.74, 6) is -0.270. The van der Waals surface area contributed by atoms with E-state index >= 15 is 0 Å². The topological polar surface area (TPSA) is 59.7 Å². The van der Waals surface area contributed by atoms with Gasteiger partial charge in [0, 0.05) is 25.5 Å². The maximum Gasteiger partial charge on any atom is 0.435 e. The van der Waals surface area contributed by atoms with Crippen LogP contribution in [0.15, 0.2) is 18.5 Å². The van der Waals surface area contributed by atoms with Crippen LogP contribution in [0, 0.1) is 0 Å². The third-order valence-corrected chi connectivity index (χ3v) is 2.69. The highest BCUT2D eigenvalue weighted by Gasteiger charge is 2.34. The molecule has 0 spiro atoms. The second-order valence-electron chi connectivity index (χ2n) is 4.27. The van der Waals surface area contributed by atoms with Crippen molar-refractivity contribution in [3.63, 3.8) is 0 Å². The Morgan fingerprint density at radius 3 is 2.81 bits per heavy atom. The summed E-state index contributed by atoms with van der Waals surface area (Å²) in [6.45, 7) is 1.78. The molecule has 0 bridgehead atoms. The van der Waals surface area contributed by atoms with Crippen LogP contribution in [0.3, 0.4) is 0 Å². The summed E-state index contributed by atoms with van der Waals surface area (Å²) in [7, 11) is 1.54. The predicted octanol–water partition coefficient (Wildman–Crippen LogP) is 1.75. The molecule has 0 unspecified atom stereocenters. The quantitative estimate of drug-likeness (QED) is 0.805. The molecule has 0 saturated carbocycles. The minimum atomic E-state index is -4.54. The number of rotatable bonds is 4. The number of hydrogen-bond donors (Lipinski definition) is 0. The molecule has 2 heterocycles. The van der Waals surface area contributed by atoms with Crippen molar-refractivity contribution in [3.05, 3.63) is 24.2 Å². The number of nitrogens with zero attached hydrogens (tertiary/aromatic N) is 4. The van der Waals surface area contributed by atoms with E-state index in [1.54, 1.807) is 14.0 Å². The second-order valence-corrected chi connectivity index (χ2v) is 4.27.